The lowest BCUT2D eigenvalue weighted by atomic mass is 9.94. The van der Waals surface area contributed by atoms with Crippen molar-refractivity contribution in [2.45, 2.75) is 32.1 Å². The summed E-state index contributed by atoms with van der Waals surface area (Å²) in [6, 6.07) is -0.00192. The predicted molar refractivity (Wildman–Crippen MR) is 77.6 cm³/mol. The molecule has 0 saturated carbocycles. The number of hydrogen-bond donors (Lipinski definition) is 2. The molecule has 0 unspecified atom stereocenters. The summed E-state index contributed by atoms with van der Waals surface area (Å²) in [7, 11) is 0. The van der Waals surface area contributed by atoms with Gasteiger partial charge in [-0.3, -0.25) is 4.79 Å². The van der Waals surface area contributed by atoms with Crippen LogP contribution < -0.4 is 5.32 Å². The number of urea groups is 1. The molecule has 0 aliphatic carbocycles. The average molecular weight is 288 g/mol. The van der Waals surface area contributed by atoms with Crippen LogP contribution in [0.2, 0.25) is 0 Å². The topological polar surface area (TPSA) is 69.6 Å². The van der Waals surface area contributed by atoms with Crippen LogP contribution in [0.5, 0.6) is 0 Å². The maximum absolute atomic E-state index is 11.9. The van der Waals surface area contributed by atoms with E-state index in [1.54, 1.807) is 4.90 Å². The van der Waals surface area contributed by atoms with Gasteiger partial charge in [0.05, 0.1) is 0 Å². The van der Waals surface area contributed by atoms with Crippen LogP contribution in [0.3, 0.4) is 0 Å². The van der Waals surface area contributed by atoms with Crippen molar-refractivity contribution < 1.29 is 14.7 Å². The number of thioether (sulfide) groups is 1. The number of carboxylic acids is 1. The van der Waals surface area contributed by atoms with Crippen molar-refractivity contribution in [2.75, 3.05) is 31.6 Å². The van der Waals surface area contributed by atoms with Crippen LogP contribution in [0, 0.1) is 5.92 Å². The minimum Gasteiger partial charge on any atom is -0.481 e. The second-order valence-electron chi connectivity index (χ2n) is 4.96. The molecule has 19 heavy (non-hydrogen) atoms. The van der Waals surface area contributed by atoms with Crippen molar-refractivity contribution >= 4 is 23.8 Å². The summed E-state index contributed by atoms with van der Waals surface area (Å²) >= 11 is 1.82. The molecular formula is C13H24N2O3S. The molecule has 0 aromatic carbocycles. The molecular weight excluding hydrogens is 264 g/mol. The average Bonchev–Trinajstić information content (AvgIpc) is 2.38. The summed E-state index contributed by atoms with van der Waals surface area (Å²) in [4.78, 5) is 24.3. The van der Waals surface area contributed by atoms with Gasteiger partial charge in [0.15, 0.2) is 0 Å². The molecule has 0 spiro atoms. The molecule has 1 rings (SSSR count). The molecule has 1 heterocycles. The highest BCUT2D eigenvalue weighted by Crippen LogP contribution is 2.20. The number of unbranched alkanes of at least 4 members (excludes halogenated alkanes) is 1. The Morgan fingerprint density at radius 2 is 2.00 bits per heavy atom. The van der Waals surface area contributed by atoms with Gasteiger partial charge in [-0.05, 0) is 43.6 Å². The Morgan fingerprint density at radius 1 is 1.32 bits per heavy atom. The molecule has 2 amide bonds. The Hall–Kier alpha value is -0.910. The van der Waals surface area contributed by atoms with Crippen molar-refractivity contribution in [3.8, 4) is 0 Å². The van der Waals surface area contributed by atoms with E-state index in [0.29, 0.717) is 13.1 Å². The van der Waals surface area contributed by atoms with E-state index in [4.69, 9.17) is 5.11 Å². The largest absolute Gasteiger partial charge is 0.481 e. The van der Waals surface area contributed by atoms with E-state index < -0.39 is 5.97 Å². The van der Waals surface area contributed by atoms with Crippen molar-refractivity contribution in [2.24, 2.45) is 5.92 Å². The smallest absolute Gasteiger partial charge is 0.317 e. The summed E-state index contributed by atoms with van der Waals surface area (Å²) in [6.07, 6.45) is 6.05. The molecule has 0 aromatic heterocycles. The number of piperidine rings is 1. The molecule has 0 atom stereocenters. The van der Waals surface area contributed by atoms with Gasteiger partial charge in [0.2, 0.25) is 0 Å². The molecule has 6 heteroatoms. The first-order valence-corrected chi connectivity index (χ1v) is 8.26. The zero-order chi connectivity index (χ0) is 14.1. The number of likely N-dealkylation sites (tertiary alicyclic amines) is 1. The lowest BCUT2D eigenvalue weighted by molar-refractivity contribution is -0.138. The van der Waals surface area contributed by atoms with Gasteiger partial charge in [-0.15, -0.1) is 0 Å². The van der Waals surface area contributed by atoms with Gasteiger partial charge < -0.3 is 15.3 Å². The van der Waals surface area contributed by atoms with Crippen molar-refractivity contribution in [3.63, 3.8) is 0 Å². The summed E-state index contributed by atoms with van der Waals surface area (Å²) in [5.41, 5.74) is 0. The monoisotopic (exact) mass is 288 g/mol. The summed E-state index contributed by atoms with van der Waals surface area (Å²) in [5.74, 6) is 0.621. The van der Waals surface area contributed by atoms with Crippen LogP contribution in [0.25, 0.3) is 0 Å². The Balaban J connectivity index is 2.12. The van der Waals surface area contributed by atoms with E-state index in [0.717, 1.165) is 38.0 Å². The maximum atomic E-state index is 11.9. The number of nitrogens with one attached hydrogen (secondary N) is 1. The second-order valence-corrected chi connectivity index (χ2v) is 5.95. The van der Waals surface area contributed by atoms with E-state index in [1.165, 1.54) is 0 Å². The van der Waals surface area contributed by atoms with Crippen molar-refractivity contribution in [3.05, 3.63) is 0 Å². The van der Waals surface area contributed by atoms with Crippen LogP contribution in [0.1, 0.15) is 32.1 Å². The number of nitrogens with zero attached hydrogens (tertiary/aromatic N) is 1. The normalized spacial score (nSPS) is 16.4. The van der Waals surface area contributed by atoms with Gasteiger partial charge in [-0.2, -0.15) is 11.8 Å². The molecule has 1 fully saturated rings. The number of hydrogen-bond acceptors (Lipinski definition) is 3. The molecule has 0 radical (unpaired) electrons. The molecule has 5 nitrogen and oxygen atoms in total. The highest BCUT2D eigenvalue weighted by molar-refractivity contribution is 7.98. The Bertz CT molecular complexity index is 292. The fourth-order valence-electron chi connectivity index (χ4n) is 2.27. The van der Waals surface area contributed by atoms with E-state index >= 15 is 0 Å². The van der Waals surface area contributed by atoms with Crippen LogP contribution in [0.15, 0.2) is 0 Å². The Morgan fingerprint density at radius 3 is 2.58 bits per heavy atom. The van der Waals surface area contributed by atoms with Gasteiger partial charge >= 0.3 is 12.0 Å². The molecule has 0 bridgehead atoms. The van der Waals surface area contributed by atoms with Crippen LogP contribution in [-0.4, -0.2) is 53.6 Å². The Kier molecular flexibility index (Phi) is 7.70. The SMILES string of the molecule is CSCCCCNC(=O)N1CCC(CC(=O)O)CC1. The quantitative estimate of drug-likeness (QED) is 0.703. The Labute approximate surface area is 119 Å². The van der Waals surface area contributed by atoms with Gasteiger partial charge in [-0.25, -0.2) is 4.79 Å². The number of carboxylic acid groups (broad SMARTS) is 1. The fourth-order valence-corrected chi connectivity index (χ4v) is 2.76. The molecule has 1 aliphatic rings. The fraction of sp³-hybridized carbons (Fsp3) is 0.846. The number of carbonyl (C=O) groups excluding carboxylic acids is 1. The lowest BCUT2D eigenvalue weighted by Crippen LogP contribution is -2.44. The van der Waals surface area contributed by atoms with E-state index in [-0.39, 0.29) is 18.4 Å². The van der Waals surface area contributed by atoms with Gasteiger partial charge in [0.1, 0.15) is 0 Å². The zero-order valence-corrected chi connectivity index (χ0v) is 12.4. The van der Waals surface area contributed by atoms with E-state index in [2.05, 4.69) is 11.6 Å². The van der Waals surface area contributed by atoms with Gasteiger partial charge in [0, 0.05) is 26.1 Å². The molecule has 1 saturated heterocycles. The number of rotatable bonds is 7. The highest BCUT2D eigenvalue weighted by atomic mass is 32.2. The first-order valence-electron chi connectivity index (χ1n) is 6.87. The molecule has 2 N–H and O–H groups in total. The van der Waals surface area contributed by atoms with Gasteiger partial charge in [0.25, 0.3) is 0 Å². The zero-order valence-electron chi connectivity index (χ0n) is 11.6. The van der Waals surface area contributed by atoms with Crippen molar-refractivity contribution in [1.82, 2.24) is 10.2 Å². The minimum absolute atomic E-state index is 0.00192. The van der Waals surface area contributed by atoms with Gasteiger partial charge in [-0.1, -0.05) is 0 Å². The summed E-state index contributed by atoms with van der Waals surface area (Å²) < 4.78 is 0. The first kappa shape index (κ1) is 16.1. The maximum Gasteiger partial charge on any atom is 0.317 e. The predicted octanol–water partition coefficient (Wildman–Crippen LogP) is 2.03. The van der Waals surface area contributed by atoms with E-state index in [9.17, 15) is 9.59 Å². The molecule has 1 aliphatic heterocycles. The lowest BCUT2D eigenvalue weighted by Gasteiger charge is -2.31. The third-order valence-electron chi connectivity index (χ3n) is 3.42. The molecule has 110 valence electrons. The number of amides is 2. The minimum atomic E-state index is -0.739. The number of aliphatic carboxylic acids is 1. The number of carbonyl (C=O) groups is 2. The van der Waals surface area contributed by atoms with Crippen LogP contribution in [0.4, 0.5) is 4.79 Å². The summed E-state index contributed by atoms with van der Waals surface area (Å²) in [5, 5.41) is 11.7. The summed E-state index contributed by atoms with van der Waals surface area (Å²) in [6.45, 7) is 2.08. The van der Waals surface area contributed by atoms with E-state index in [1.807, 2.05) is 11.8 Å². The third-order valence-corrected chi connectivity index (χ3v) is 4.11. The molecule has 0 aromatic rings. The third kappa shape index (κ3) is 6.71. The highest BCUT2D eigenvalue weighted by Gasteiger charge is 2.23. The van der Waals surface area contributed by atoms with Crippen LogP contribution in [-0.2, 0) is 4.79 Å². The second kappa shape index (κ2) is 9.07. The van der Waals surface area contributed by atoms with Crippen LogP contribution >= 0.6 is 11.8 Å². The van der Waals surface area contributed by atoms with Crippen molar-refractivity contribution in [1.29, 1.82) is 0 Å². The first-order chi connectivity index (χ1) is 9.13. The standard InChI is InChI=1S/C13H24N2O3S/c1-19-9-3-2-6-14-13(18)15-7-4-11(5-8-15)10-12(16)17/h11H,2-10H2,1H3,(H,14,18)(H,16,17).